The molecule has 0 atom stereocenters. The Morgan fingerprint density at radius 2 is 1.82 bits per heavy atom. The molecular formula is C25H24F3N3O7. The SMILES string of the molecule is C#CCC/C(O)=C(\C#N)C(=O)Nc1ccc(C(F)(F)F)c(OCCCCCC(=O)ON2C(=O)CCC2=O)c1. The number of hydrogen-bond donors (Lipinski definition) is 2. The number of hydroxylamine groups is 2. The minimum atomic E-state index is -4.75. The number of rotatable bonds is 12. The highest BCUT2D eigenvalue weighted by molar-refractivity contribution is 6.07. The third-order valence-corrected chi connectivity index (χ3v) is 5.16. The summed E-state index contributed by atoms with van der Waals surface area (Å²) in [5.74, 6) is -1.89. The van der Waals surface area contributed by atoms with Crippen LogP contribution in [0.1, 0.15) is 56.9 Å². The van der Waals surface area contributed by atoms with Crippen molar-refractivity contribution in [1.82, 2.24) is 5.06 Å². The van der Waals surface area contributed by atoms with E-state index < -0.39 is 52.5 Å². The molecule has 0 radical (unpaired) electrons. The van der Waals surface area contributed by atoms with Gasteiger partial charge >= 0.3 is 12.1 Å². The van der Waals surface area contributed by atoms with Crippen molar-refractivity contribution in [1.29, 1.82) is 5.26 Å². The lowest BCUT2D eigenvalue weighted by molar-refractivity contribution is -0.197. The number of aliphatic hydroxyl groups excluding tert-OH is 1. The number of anilines is 1. The fourth-order valence-electron chi connectivity index (χ4n) is 3.24. The van der Waals surface area contributed by atoms with Crippen molar-refractivity contribution in [2.24, 2.45) is 0 Å². The summed E-state index contributed by atoms with van der Waals surface area (Å²) in [6, 6.07) is 4.16. The standard InChI is InChI=1S/C25H24F3N3O7/c1-2-3-7-19(32)17(15-29)24(36)30-16-9-10-18(25(26,27)28)20(14-16)37-13-6-4-5-8-23(35)38-31-21(33)11-12-22(31)34/h1,9-10,14,32H,3-8,11-13H2,(H,30,36)/b19-17-. The minimum absolute atomic E-state index is 0.0284. The lowest BCUT2D eigenvalue weighted by Gasteiger charge is -2.16. The largest absolute Gasteiger partial charge is 0.511 e. The third kappa shape index (κ3) is 8.55. The Bertz CT molecular complexity index is 1180. The van der Waals surface area contributed by atoms with Gasteiger partial charge in [-0.15, -0.1) is 17.4 Å². The first kappa shape index (κ1) is 29.7. The summed E-state index contributed by atoms with van der Waals surface area (Å²) in [4.78, 5) is 51.7. The van der Waals surface area contributed by atoms with Gasteiger partial charge in [0, 0.05) is 43.9 Å². The number of benzene rings is 1. The van der Waals surface area contributed by atoms with Crippen molar-refractivity contribution in [3.05, 3.63) is 35.1 Å². The maximum absolute atomic E-state index is 13.4. The number of terminal acetylenes is 1. The number of allylic oxidation sites excluding steroid dienone is 1. The Hall–Kier alpha value is -4.52. The first-order valence-corrected chi connectivity index (χ1v) is 11.5. The average Bonchev–Trinajstić information content (AvgIpc) is 3.16. The van der Waals surface area contributed by atoms with Crippen LogP contribution in [-0.4, -0.2) is 40.5 Å². The van der Waals surface area contributed by atoms with Crippen LogP contribution in [0.2, 0.25) is 0 Å². The van der Waals surface area contributed by atoms with Gasteiger partial charge in [0.1, 0.15) is 17.6 Å². The van der Waals surface area contributed by atoms with Gasteiger partial charge < -0.3 is 20.0 Å². The van der Waals surface area contributed by atoms with Crippen molar-refractivity contribution in [3.8, 4) is 24.2 Å². The molecular weight excluding hydrogens is 511 g/mol. The highest BCUT2D eigenvalue weighted by Crippen LogP contribution is 2.38. The van der Waals surface area contributed by atoms with Gasteiger partial charge in [0.2, 0.25) is 0 Å². The van der Waals surface area contributed by atoms with Crippen molar-refractivity contribution in [2.45, 2.75) is 57.5 Å². The maximum atomic E-state index is 13.4. The molecule has 1 aliphatic heterocycles. The average molecular weight is 535 g/mol. The quantitative estimate of drug-likeness (QED) is 0.102. The molecule has 0 unspecified atom stereocenters. The minimum Gasteiger partial charge on any atom is -0.511 e. The molecule has 2 rings (SSSR count). The molecule has 0 aliphatic carbocycles. The monoisotopic (exact) mass is 535 g/mol. The van der Waals surface area contributed by atoms with E-state index >= 15 is 0 Å². The predicted molar refractivity (Wildman–Crippen MR) is 125 cm³/mol. The number of imide groups is 1. The molecule has 38 heavy (non-hydrogen) atoms. The zero-order chi connectivity index (χ0) is 28.3. The fourth-order valence-corrected chi connectivity index (χ4v) is 3.24. The molecule has 13 heteroatoms. The Labute approximate surface area is 215 Å². The van der Waals surface area contributed by atoms with Gasteiger partial charge in [-0.1, -0.05) is 0 Å². The van der Waals surface area contributed by atoms with Gasteiger partial charge in [0.05, 0.1) is 12.2 Å². The molecule has 1 aromatic rings. The molecule has 2 N–H and O–H groups in total. The number of ether oxygens (including phenoxy) is 1. The molecule has 1 saturated heterocycles. The van der Waals surface area contributed by atoms with Crippen LogP contribution in [0.5, 0.6) is 5.75 Å². The molecule has 1 aliphatic rings. The van der Waals surface area contributed by atoms with Crippen LogP contribution >= 0.6 is 0 Å². The fraction of sp³-hybridized carbons (Fsp3) is 0.400. The summed E-state index contributed by atoms with van der Waals surface area (Å²) < 4.78 is 45.5. The Kier molecular flexibility index (Phi) is 10.7. The van der Waals surface area contributed by atoms with Crippen molar-refractivity contribution in [2.75, 3.05) is 11.9 Å². The topological polar surface area (TPSA) is 146 Å². The van der Waals surface area contributed by atoms with Gasteiger partial charge in [-0.25, -0.2) is 4.79 Å². The first-order valence-electron chi connectivity index (χ1n) is 11.5. The summed E-state index contributed by atoms with van der Waals surface area (Å²) in [5.41, 5.74) is -1.82. The second-order valence-electron chi connectivity index (χ2n) is 8.00. The summed E-state index contributed by atoms with van der Waals surface area (Å²) in [6.45, 7) is -0.158. The van der Waals surface area contributed by atoms with E-state index in [0.717, 1.165) is 12.1 Å². The summed E-state index contributed by atoms with van der Waals surface area (Å²) in [5, 5.41) is 21.7. The van der Waals surface area contributed by atoms with Crippen LogP contribution < -0.4 is 10.1 Å². The number of carbonyl (C=O) groups is 4. The number of unbranched alkanes of at least 4 members (excludes halogenated alkanes) is 2. The molecule has 0 spiro atoms. The third-order valence-electron chi connectivity index (χ3n) is 5.16. The Balaban J connectivity index is 1.94. The smallest absolute Gasteiger partial charge is 0.419 e. The number of aliphatic hydroxyl groups is 1. The molecule has 0 aromatic heterocycles. The Morgan fingerprint density at radius 1 is 1.13 bits per heavy atom. The number of alkyl halides is 3. The van der Waals surface area contributed by atoms with E-state index in [1.807, 2.05) is 0 Å². The normalized spacial score (nSPS) is 13.9. The number of carbonyl (C=O) groups excluding carboxylic acids is 4. The van der Waals surface area contributed by atoms with Crippen LogP contribution in [-0.2, 0) is 30.2 Å². The summed E-state index contributed by atoms with van der Waals surface area (Å²) >= 11 is 0. The first-order chi connectivity index (χ1) is 18.0. The van der Waals surface area contributed by atoms with E-state index in [1.54, 1.807) is 0 Å². The Morgan fingerprint density at radius 3 is 2.42 bits per heavy atom. The van der Waals surface area contributed by atoms with Gasteiger partial charge in [0.15, 0.2) is 5.57 Å². The van der Waals surface area contributed by atoms with E-state index in [2.05, 4.69) is 11.2 Å². The lowest BCUT2D eigenvalue weighted by Crippen LogP contribution is -2.31. The molecule has 1 aromatic carbocycles. The molecule has 3 amide bonds. The van der Waals surface area contributed by atoms with E-state index in [1.165, 1.54) is 6.07 Å². The molecule has 1 fully saturated rings. The van der Waals surface area contributed by atoms with Gasteiger partial charge in [-0.3, -0.25) is 14.4 Å². The predicted octanol–water partition coefficient (Wildman–Crippen LogP) is 3.94. The van der Waals surface area contributed by atoms with E-state index in [-0.39, 0.29) is 57.2 Å². The van der Waals surface area contributed by atoms with Crippen molar-refractivity contribution in [3.63, 3.8) is 0 Å². The zero-order valence-corrected chi connectivity index (χ0v) is 20.1. The molecule has 0 bridgehead atoms. The van der Waals surface area contributed by atoms with Gasteiger partial charge in [0.25, 0.3) is 17.7 Å². The van der Waals surface area contributed by atoms with Crippen molar-refractivity contribution >= 4 is 29.4 Å². The summed E-state index contributed by atoms with van der Waals surface area (Å²) in [7, 11) is 0. The highest BCUT2D eigenvalue weighted by Gasteiger charge is 2.35. The van der Waals surface area contributed by atoms with Crippen LogP contribution in [0.25, 0.3) is 0 Å². The zero-order valence-electron chi connectivity index (χ0n) is 20.1. The van der Waals surface area contributed by atoms with Crippen molar-refractivity contribution < 1.29 is 47.0 Å². The van der Waals surface area contributed by atoms with E-state index in [4.69, 9.17) is 21.3 Å². The number of nitrogens with one attached hydrogen (secondary N) is 1. The van der Waals surface area contributed by atoms with Crippen LogP contribution in [0.4, 0.5) is 18.9 Å². The number of nitrogens with zero attached hydrogens (tertiary/aromatic N) is 2. The molecule has 1 heterocycles. The van der Waals surface area contributed by atoms with Crippen LogP contribution in [0.15, 0.2) is 29.5 Å². The summed E-state index contributed by atoms with van der Waals surface area (Å²) in [6.07, 6.45) is 0.998. The lowest BCUT2D eigenvalue weighted by atomic mass is 10.1. The van der Waals surface area contributed by atoms with Gasteiger partial charge in [-0.05, 0) is 31.4 Å². The van der Waals surface area contributed by atoms with Crippen LogP contribution in [0.3, 0.4) is 0 Å². The van der Waals surface area contributed by atoms with E-state index in [0.29, 0.717) is 17.6 Å². The second-order valence-corrected chi connectivity index (χ2v) is 8.00. The van der Waals surface area contributed by atoms with Crippen LogP contribution in [0, 0.1) is 23.7 Å². The molecule has 10 nitrogen and oxygen atoms in total. The molecule has 202 valence electrons. The maximum Gasteiger partial charge on any atom is 0.419 e. The molecule has 0 saturated carbocycles. The van der Waals surface area contributed by atoms with E-state index in [9.17, 15) is 37.5 Å². The number of nitriles is 1. The number of amides is 3. The highest BCUT2D eigenvalue weighted by atomic mass is 19.4. The number of halogens is 3. The number of hydrogen-bond acceptors (Lipinski definition) is 8. The second kappa shape index (κ2) is 13.7. The van der Waals surface area contributed by atoms with Gasteiger partial charge in [-0.2, -0.15) is 18.4 Å².